The number of amides is 2. The van der Waals surface area contributed by atoms with Crippen molar-refractivity contribution in [3.63, 3.8) is 0 Å². The summed E-state index contributed by atoms with van der Waals surface area (Å²) in [5.41, 5.74) is 0.997. The molecule has 0 saturated heterocycles. The summed E-state index contributed by atoms with van der Waals surface area (Å²) in [6.45, 7) is 3.61. The largest absolute Gasteiger partial charge is 0.450 e. The van der Waals surface area contributed by atoms with Crippen molar-refractivity contribution < 1.29 is 31.2 Å². The van der Waals surface area contributed by atoms with Crippen molar-refractivity contribution in [3.05, 3.63) is 59.2 Å². The van der Waals surface area contributed by atoms with E-state index in [-0.39, 0.29) is 28.5 Å². The molecule has 0 aromatic heterocycles. The van der Waals surface area contributed by atoms with E-state index >= 15 is 0 Å². The zero-order valence-corrected chi connectivity index (χ0v) is 18.3. The molecule has 30 heavy (non-hydrogen) atoms. The summed E-state index contributed by atoms with van der Waals surface area (Å²) < 4.78 is 55.2. The van der Waals surface area contributed by atoms with E-state index in [4.69, 9.17) is 4.74 Å². The monoisotopic (exact) mass is 454 g/mol. The van der Waals surface area contributed by atoms with E-state index in [1.165, 1.54) is 36.4 Å². The van der Waals surface area contributed by atoms with Crippen LogP contribution in [0, 0.1) is 6.92 Å². The Morgan fingerprint density at radius 1 is 0.967 bits per heavy atom. The number of rotatable bonds is 7. The fourth-order valence-electron chi connectivity index (χ4n) is 2.46. The number of ether oxygens (including phenoxy) is 1. The van der Waals surface area contributed by atoms with Crippen LogP contribution in [0.25, 0.3) is 0 Å². The van der Waals surface area contributed by atoms with Crippen molar-refractivity contribution in [2.75, 3.05) is 12.9 Å². The first-order valence-electron chi connectivity index (χ1n) is 8.81. The van der Waals surface area contributed by atoms with Crippen LogP contribution >= 0.6 is 0 Å². The Labute approximate surface area is 175 Å². The third-order valence-corrected chi connectivity index (χ3v) is 6.51. The van der Waals surface area contributed by atoms with Crippen LogP contribution in [0.1, 0.15) is 28.4 Å². The molecule has 0 fully saturated rings. The van der Waals surface area contributed by atoms with Gasteiger partial charge in [0.25, 0.3) is 15.9 Å². The second kappa shape index (κ2) is 9.26. The van der Waals surface area contributed by atoms with E-state index in [0.29, 0.717) is 11.1 Å². The maximum atomic E-state index is 12.5. The van der Waals surface area contributed by atoms with E-state index < -0.39 is 31.9 Å². The molecule has 162 valence electrons. The molecule has 2 rings (SSSR count). The predicted molar refractivity (Wildman–Crippen MR) is 109 cm³/mol. The normalized spacial score (nSPS) is 11.6. The van der Waals surface area contributed by atoms with Gasteiger partial charge in [-0.05, 0) is 49.2 Å². The third-order valence-electron chi connectivity index (χ3n) is 4.05. The summed E-state index contributed by atoms with van der Waals surface area (Å²) in [5.74, 6) is -0.939. The lowest BCUT2D eigenvalue weighted by Gasteiger charge is -2.11. The van der Waals surface area contributed by atoms with Crippen molar-refractivity contribution in [3.8, 4) is 0 Å². The van der Waals surface area contributed by atoms with Crippen LogP contribution in [-0.4, -0.2) is 41.7 Å². The van der Waals surface area contributed by atoms with E-state index in [0.717, 1.165) is 12.3 Å². The summed E-state index contributed by atoms with van der Waals surface area (Å²) in [6, 6.07) is 9.47. The Morgan fingerprint density at radius 2 is 1.57 bits per heavy atom. The molecular formula is C19H22N2O7S2. The maximum Gasteiger partial charge on any atom is 0.407 e. The van der Waals surface area contributed by atoms with Crippen molar-refractivity contribution in [2.45, 2.75) is 30.2 Å². The van der Waals surface area contributed by atoms with Crippen LogP contribution in [0.2, 0.25) is 0 Å². The molecule has 0 bridgehead atoms. The van der Waals surface area contributed by atoms with E-state index in [9.17, 15) is 26.4 Å². The molecule has 0 aliphatic rings. The topological polar surface area (TPSA) is 136 Å². The summed E-state index contributed by atoms with van der Waals surface area (Å²) in [6.07, 6.45) is 0.405. The lowest BCUT2D eigenvalue weighted by molar-refractivity contribution is 0.0980. The first kappa shape index (κ1) is 23.4. The summed E-state index contributed by atoms with van der Waals surface area (Å²) >= 11 is 0. The maximum absolute atomic E-state index is 12.5. The molecule has 2 N–H and O–H groups in total. The predicted octanol–water partition coefficient (Wildman–Crippen LogP) is 1.76. The first-order chi connectivity index (χ1) is 13.9. The van der Waals surface area contributed by atoms with Crippen molar-refractivity contribution in [1.82, 2.24) is 10.0 Å². The van der Waals surface area contributed by atoms with Gasteiger partial charge in [-0.2, -0.15) is 0 Å². The molecule has 0 radical (unpaired) electrons. The Morgan fingerprint density at radius 3 is 2.13 bits per heavy atom. The minimum atomic E-state index is -4.19. The van der Waals surface area contributed by atoms with Gasteiger partial charge in [-0.25, -0.2) is 26.4 Å². The summed E-state index contributed by atoms with van der Waals surface area (Å²) in [4.78, 5) is 23.5. The molecule has 11 heteroatoms. The van der Waals surface area contributed by atoms with Crippen LogP contribution in [-0.2, 0) is 31.1 Å². The smallest absolute Gasteiger partial charge is 0.407 e. The van der Waals surface area contributed by atoms with Gasteiger partial charge >= 0.3 is 6.09 Å². The highest BCUT2D eigenvalue weighted by atomic mass is 32.2. The average molecular weight is 455 g/mol. The molecule has 9 nitrogen and oxygen atoms in total. The number of carbonyl (C=O) groups is 2. The lowest BCUT2D eigenvalue weighted by Crippen LogP contribution is -2.31. The first-order valence-corrected chi connectivity index (χ1v) is 12.2. The fourth-order valence-corrected chi connectivity index (χ4v) is 4.07. The van der Waals surface area contributed by atoms with E-state index in [2.05, 4.69) is 5.32 Å². The Kier molecular flexibility index (Phi) is 7.21. The minimum Gasteiger partial charge on any atom is -0.450 e. The molecule has 0 saturated carbocycles. The summed E-state index contributed by atoms with van der Waals surface area (Å²) in [7, 11) is -7.75. The quantitative estimate of drug-likeness (QED) is 0.651. The highest BCUT2D eigenvalue weighted by Gasteiger charge is 2.21. The summed E-state index contributed by atoms with van der Waals surface area (Å²) in [5, 5.41) is 2.51. The van der Waals surface area contributed by atoms with E-state index in [1.807, 2.05) is 4.72 Å². The van der Waals surface area contributed by atoms with Gasteiger partial charge in [-0.15, -0.1) is 0 Å². The van der Waals surface area contributed by atoms with Crippen LogP contribution in [0.5, 0.6) is 0 Å². The van der Waals surface area contributed by atoms with Crippen molar-refractivity contribution >= 4 is 31.9 Å². The molecule has 0 aliphatic carbocycles. The molecule has 2 aromatic rings. The molecule has 0 heterocycles. The Balaban J connectivity index is 2.17. The van der Waals surface area contributed by atoms with Crippen LogP contribution in [0.4, 0.5) is 4.79 Å². The van der Waals surface area contributed by atoms with Gasteiger partial charge in [0.2, 0.25) is 0 Å². The number of benzene rings is 2. The highest BCUT2D eigenvalue weighted by Crippen LogP contribution is 2.17. The number of sulfonamides is 1. The number of hydrogen-bond acceptors (Lipinski definition) is 7. The molecule has 2 amide bonds. The fraction of sp³-hybridized carbons (Fsp3) is 0.263. The highest BCUT2D eigenvalue weighted by molar-refractivity contribution is 7.90. The van der Waals surface area contributed by atoms with Gasteiger partial charge < -0.3 is 10.1 Å². The average Bonchev–Trinajstić information content (AvgIpc) is 2.66. The molecule has 0 atom stereocenters. The zero-order chi connectivity index (χ0) is 22.5. The standard InChI is InChI=1S/C19H22N2O7S2/c1-4-28-19(23)20-12-14-6-9-15(10-7-14)30(26,27)21-18(22)17-11-16(29(3,24)25)8-5-13(17)2/h5-11H,4,12H2,1-3H3,(H,20,23)(H,21,22). The van der Waals surface area contributed by atoms with Crippen molar-refractivity contribution in [1.29, 1.82) is 0 Å². The number of aryl methyl sites for hydroxylation is 1. The molecular weight excluding hydrogens is 432 g/mol. The molecule has 0 unspecified atom stereocenters. The lowest BCUT2D eigenvalue weighted by atomic mass is 10.1. The van der Waals surface area contributed by atoms with Crippen molar-refractivity contribution in [2.24, 2.45) is 0 Å². The minimum absolute atomic E-state index is 0.0586. The number of alkyl carbamates (subject to hydrolysis) is 1. The second-order valence-corrected chi connectivity index (χ2v) is 10.1. The second-order valence-electron chi connectivity index (χ2n) is 6.40. The number of sulfone groups is 1. The zero-order valence-electron chi connectivity index (χ0n) is 16.6. The number of hydrogen-bond donors (Lipinski definition) is 2. The van der Waals surface area contributed by atoms with Crippen LogP contribution in [0.15, 0.2) is 52.3 Å². The van der Waals surface area contributed by atoms with Crippen LogP contribution in [0.3, 0.4) is 0 Å². The van der Waals surface area contributed by atoms with Gasteiger partial charge in [0.1, 0.15) is 0 Å². The Hall–Kier alpha value is -2.92. The molecule has 2 aromatic carbocycles. The van der Waals surface area contributed by atoms with Gasteiger partial charge in [0.15, 0.2) is 9.84 Å². The van der Waals surface area contributed by atoms with Gasteiger partial charge in [-0.1, -0.05) is 18.2 Å². The molecule has 0 spiro atoms. The number of carbonyl (C=O) groups excluding carboxylic acids is 2. The molecule has 0 aliphatic heterocycles. The number of nitrogens with one attached hydrogen (secondary N) is 2. The Bertz CT molecular complexity index is 1160. The van der Waals surface area contributed by atoms with Gasteiger partial charge in [0, 0.05) is 18.4 Å². The van der Waals surface area contributed by atoms with Gasteiger partial charge in [0.05, 0.1) is 16.4 Å². The van der Waals surface area contributed by atoms with Crippen LogP contribution < -0.4 is 10.0 Å². The third kappa shape index (κ3) is 6.04. The van der Waals surface area contributed by atoms with Gasteiger partial charge in [-0.3, -0.25) is 4.79 Å². The SMILES string of the molecule is CCOC(=O)NCc1ccc(S(=O)(=O)NC(=O)c2cc(S(C)(=O)=O)ccc2C)cc1. The van der Waals surface area contributed by atoms with E-state index in [1.54, 1.807) is 13.8 Å².